The van der Waals surface area contributed by atoms with Crippen LogP contribution in [0.15, 0.2) is 40.6 Å². The summed E-state index contributed by atoms with van der Waals surface area (Å²) >= 11 is 3.43. The van der Waals surface area contributed by atoms with Crippen LogP contribution >= 0.6 is 15.9 Å². The predicted molar refractivity (Wildman–Crippen MR) is 111 cm³/mol. The Bertz CT molecular complexity index is 970. The largest absolute Gasteiger partial charge is 0.346 e. The molecule has 2 amide bonds. The summed E-state index contributed by atoms with van der Waals surface area (Å²) in [7, 11) is 0. The maximum Gasteiger partial charge on any atom is 0.270 e. The number of hydrogen-bond acceptors (Lipinski definition) is 4. The van der Waals surface area contributed by atoms with Crippen LogP contribution in [0.4, 0.5) is 0 Å². The molecule has 0 aromatic carbocycles. The number of hydrogen-bond donors (Lipinski definition) is 1. The van der Waals surface area contributed by atoms with Gasteiger partial charge >= 0.3 is 0 Å². The van der Waals surface area contributed by atoms with Crippen LogP contribution in [-0.4, -0.2) is 45.8 Å². The van der Waals surface area contributed by atoms with Gasteiger partial charge in [0.2, 0.25) is 5.91 Å². The summed E-state index contributed by atoms with van der Waals surface area (Å²) in [6, 6.07) is 3.47. The molecule has 0 spiro atoms. The van der Waals surface area contributed by atoms with E-state index in [0.717, 1.165) is 9.86 Å². The van der Waals surface area contributed by atoms with Gasteiger partial charge in [-0.2, -0.15) is 0 Å². The van der Waals surface area contributed by atoms with Crippen molar-refractivity contribution < 1.29 is 9.59 Å². The first-order chi connectivity index (χ1) is 13.4. The Kier molecular flexibility index (Phi) is 5.19. The second-order valence-electron chi connectivity index (χ2n) is 7.85. The first kappa shape index (κ1) is 19.1. The van der Waals surface area contributed by atoms with E-state index in [2.05, 4.69) is 38.1 Å². The molecule has 0 bridgehead atoms. The Hall–Kier alpha value is -2.28. The molecule has 28 heavy (non-hydrogen) atoms. The van der Waals surface area contributed by atoms with Crippen molar-refractivity contribution in [2.24, 2.45) is 11.8 Å². The van der Waals surface area contributed by atoms with Gasteiger partial charge in [0.05, 0.1) is 16.0 Å². The molecule has 4 rings (SSSR count). The minimum atomic E-state index is -0.221. The number of carbonyl (C=O) groups excluding carboxylic acids is 2. The van der Waals surface area contributed by atoms with Crippen LogP contribution in [0.3, 0.4) is 0 Å². The van der Waals surface area contributed by atoms with E-state index in [-0.39, 0.29) is 23.8 Å². The summed E-state index contributed by atoms with van der Waals surface area (Å²) in [5, 5.41) is 3.93. The van der Waals surface area contributed by atoms with Crippen LogP contribution in [0.2, 0.25) is 0 Å². The molecular formula is C21H23BrN4O2. The van der Waals surface area contributed by atoms with Crippen molar-refractivity contribution in [1.29, 1.82) is 0 Å². The number of carbonyl (C=O) groups is 2. The van der Waals surface area contributed by atoms with Crippen LogP contribution in [0.25, 0.3) is 10.9 Å². The predicted octanol–water partition coefficient (Wildman–Crippen LogP) is 3.33. The number of nitrogens with one attached hydrogen (secondary N) is 1. The molecule has 1 aliphatic carbocycles. The molecular weight excluding hydrogens is 420 g/mol. The van der Waals surface area contributed by atoms with E-state index in [1.54, 1.807) is 24.5 Å². The number of allylic oxidation sites excluding steroid dienone is 1. The van der Waals surface area contributed by atoms with E-state index in [1.165, 1.54) is 18.4 Å². The Morgan fingerprint density at radius 1 is 1.25 bits per heavy atom. The third-order valence-corrected chi connectivity index (χ3v) is 6.18. The highest BCUT2D eigenvalue weighted by Gasteiger charge is 2.33. The average molecular weight is 443 g/mol. The number of rotatable bonds is 4. The summed E-state index contributed by atoms with van der Waals surface area (Å²) in [6.45, 7) is 5.28. The van der Waals surface area contributed by atoms with Gasteiger partial charge in [-0.25, -0.2) is 4.98 Å². The monoisotopic (exact) mass is 442 g/mol. The van der Waals surface area contributed by atoms with E-state index < -0.39 is 0 Å². The Labute approximate surface area is 172 Å². The zero-order valence-corrected chi connectivity index (χ0v) is 17.6. The van der Waals surface area contributed by atoms with Gasteiger partial charge in [-0.3, -0.25) is 14.6 Å². The van der Waals surface area contributed by atoms with Gasteiger partial charge in [0.15, 0.2) is 0 Å². The topological polar surface area (TPSA) is 75.2 Å². The number of likely N-dealkylation sites (tertiary alicyclic amines) is 1. The SMILES string of the molecule is C/C(=C\C(=O)N1C[C@@H](C)[C@@H](NC(=O)c2ccc3cncc(Br)c3n2)C1)C1CC1. The standard InChI is InChI=1S/C21H23BrN4O2/c1-12(14-3-4-14)7-19(27)26-10-13(2)18(11-26)25-21(28)17-6-5-15-8-23-9-16(22)20(15)24-17/h5-9,13-14,18H,3-4,10-11H2,1-2H3,(H,25,28)/b12-7+/t13-,18+/m1/s1. The molecule has 2 aromatic heterocycles. The van der Waals surface area contributed by atoms with Gasteiger partial charge in [0, 0.05) is 36.9 Å². The van der Waals surface area contributed by atoms with Crippen LogP contribution in [0.1, 0.15) is 37.2 Å². The van der Waals surface area contributed by atoms with Crippen molar-refractivity contribution in [2.75, 3.05) is 13.1 Å². The first-order valence-corrected chi connectivity index (χ1v) is 10.4. The Morgan fingerprint density at radius 2 is 2.04 bits per heavy atom. The fourth-order valence-electron chi connectivity index (χ4n) is 3.66. The smallest absolute Gasteiger partial charge is 0.270 e. The number of nitrogens with zero attached hydrogens (tertiary/aromatic N) is 3. The van der Waals surface area contributed by atoms with Gasteiger partial charge in [0.1, 0.15) is 5.69 Å². The van der Waals surface area contributed by atoms with Crippen LogP contribution in [0, 0.1) is 11.8 Å². The summed E-state index contributed by atoms with van der Waals surface area (Å²) in [6.07, 6.45) is 7.53. The first-order valence-electron chi connectivity index (χ1n) is 9.60. The molecule has 3 heterocycles. The van der Waals surface area contributed by atoms with E-state index >= 15 is 0 Å². The highest BCUT2D eigenvalue weighted by molar-refractivity contribution is 9.10. The molecule has 1 saturated carbocycles. The Morgan fingerprint density at radius 3 is 2.79 bits per heavy atom. The zero-order valence-electron chi connectivity index (χ0n) is 16.0. The van der Waals surface area contributed by atoms with E-state index in [4.69, 9.17) is 0 Å². The van der Waals surface area contributed by atoms with Gasteiger partial charge in [0.25, 0.3) is 5.91 Å². The molecule has 0 unspecified atom stereocenters. The van der Waals surface area contributed by atoms with E-state index in [0.29, 0.717) is 30.2 Å². The van der Waals surface area contributed by atoms with Crippen molar-refractivity contribution in [1.82, 2.24) is 20.2 Å². The summed E-state index contributed by atoms with van der Waals surface area (Å²) in [4.78, 5) is 35.7. The molecule has 146 valence electrons. The molecule has 6 nitrogen and oxygen atoms in total. The average Bonchev–Trinajstić information content (AvgIpc) is 3.46. The highest BCUT2D eigenvalue weighted by Crippen LogP contribution is 2.36. The lowest BCUT2D eigenvalue weighted by Crippen LogP contribution is -2.40. The van der Waals surface area contributed by atoms with Crippen molar-refractivity contribution >= 4 is 38.6 Å². The van der Waals surface area contributed by atoms with Crippen molar-refractivity contribution in [2.45, 2.75) is 32.7 Å². The summed E-state index contributed by atoms with van der Waals surface area (Å²) < 4.78 is 0.753. The lowest BCUT2D eigenvalue weighted by Gasteiger charge is -2.17. The van der Waals surface area contributed by atoms with Crippen molar-refractivity contribution in [3.8, 4) is 0 Å². The summed E-state index contributed by atoms with van der Waals surface area (Å²) in [5.41, 5.74) is 2.24. The Balaban J connectivity index is 1.44. The van der Waals surface area contributed by atoms with Crippen LogP contribution in [0.5, 0.6) is 0 Å². The molecule has 2 fully saturated rings. The molecule has 1 N–H and O–H groups in total. The maximum absolute atomic E-state index is 12.7. The molecule has 2 atom stereocenters. The number of amides is 2. The van der Waals surface area contributed by atoms with E-state index in [1.807, 2.05) is 17.9 Å². The number of halogens is 1. The van der Waals surface area contributed by atoms with Crippen molar-refractivity contribution in [3.05, 3.63) is 46.3 Å². The second-order valence-corrected chi connectivity index (χ2v) is 8.71. The minimum Gasteiger partial charge on any atom is -0.346 e. The molecule has 1 aliphatic heterocycles. The molecule has 0 radical (unpaired) electrons. The lowest BCUT2D eigenvalue weighted by atomic mass is 10.1. The summed E-state index contributed by atoms with van der Waals surface area (Å²) in [5.74, 6) is 0.613. The van der Waals surface area contributed by atoms with Gasteiger partial charge in [-0.05, 0) is 59.7 Å². The number of fused-ring (bicyclic) bond motifs is 1. The normalized spacial score (nSPS) is 22.5. The fourth-order valence-corrected chi connectivity index (χ4v) is 4.09. The highest BCUT2D eigenvalue weighted by atomic mass is 79.9. The van der Waals surface area contributed by atoms with Crippen LogP contribution in [-0.2, 0) is 4.79 Å². The second kappa shape index (κ2) is 7.62. The van der Waals surface area contributed by atoms with E-state index in [9.17, 15) is 9.59 Å². The zero-order chi connectivity index (χ0) is 19.8. The maximum atomic E-state index is 12.7. The number of pyridine rings is 2. The van der Waals surface area contributed by atoms with Crippen molar-refractivity contribution in [3.63, 3.8) is 0 Å². The third-order valence-electron chi connectivity index (χ3n) is 5.60. The lowest BCUT2D eigenvalue weighted by molar-refractivity contribution is -0.125. The van der Waals surface area contributed by atoms with Gasteiger partial charge < -0.3 is 10.2 Å². The van der Waals surface area contributed by atoms with Gasteiger partial charge in [-0.15, -0.1) is 0 Å². The quantitative estimate of drug-likeness (QED) is 0.736. The van der Waals surface area contributed by atoms with Crippen LogP contribution < -0.4 is 5.32 Å². The molecule has 1 saturated heterocycles. The number of aromatic nitrogens is 2. The molecule has 7 heteroatoms. The molecule has 2 aliphatic rings. The third kappa shape index (κ3) is 3.94. The molecule has 2 aromatic rings. The minimum absolute atomic E-state index is 0.0493. The van der Waals surface area contributed by atoms with Gasteiger partial charge in [-0.1, -0.05) is 12.5 Å². The fraction of sp³-hybridized carbons (Fsp3) is 0.429.